The van der Waals surface area contributed by atoms with Gasteiger partial charge in [-0.25, -0.2) is 0 Å². The Bertz CT molecular complexity index is 368. The van der Waals surface area contributed by atoms with Gasteiger partial charge in [0.25, 0.3) is 0 Å². The molecule has 18 heavy (non-hydrogen) atoms. The van der Waals surface area contributed by atoms with Crippen molar-refractivity contribution in [3.63, 3.8) is 0 Å². The zero-order valence-corrected chi connectivity index (χ0v) is 11.5. The summed E-state index contributed by atoms with van der Waals surface area (Å²) in [4.78, 5) is 25.3. The van der Waals surface area contributed by atoms with E-state index < -0.39 is 5.97 Å². The highest BCUT2D eigenvalue weighted by atomic mass is 16.4. The van der Waals surface area contributed by atoms with Crippen LogP contribution in [0.5, 0.6) is 0 Å². The summed E-state index contributed by atoms with van der Waals surface area (Å²) < 4.78 is 0. The highest BCUT2D eigenvalue weighted by Gasteiger charge is 2.55. The predicted octanol–water partition coefficient (Wildman–Crippen LogP) is 2.13. The molecule has 4 nitrogen and oxygen atoms in total. The molecular weight excluding hydrogens is 230 g/mol. The molecule has 0 aromatic carbocycles. The molecule has 0 bridgehead atoms. The topological polar surface area (TPSA) is 57.6 Å². The number of hydrogen-bond acceptors (Lipinski definition) is 2. The summed E-state index contributed by atoms with van der Waals surface area (Å²) in [6, 6.07) is 0.190. The van der Waals surface area contributed by atoms with Crippen LogP contribution < -0.4 is 0 Å². The van der Waals surface area contributed by atoms with Crippen LogP contribution in [-0.4, -0.2) is 34.5 Å². The van der Waals surface area contributed by atoms with E-state index in [1.165, 1.54) is 0 Å². The van der Waals surface area contributed by atoms with Gasteiger partial charge in [0.15, 0.2) is 0 Å². The largest absolute Gasteiger partial charge is 0.481 e. The normalized spacial score (nSPS) is 39.5. The van der Waals surface area contributed by atoms with E-state index in [4.69, 9.17) is 5.11 Å². The number of amides is 1. The van der Waals surface area contributed by atoms with Crippen LogP contribution in [0.25, 0.3) is 0 Å². The Morgan fingerprint density at radius 2 is 2.06 bits per heavy atom. The van der Waals surface area contributed by atoms with Gasteiger partial charge in [-0.05, 0) is 38.0 Å². The number of nitrogens with zero attached hydrogens (tertiary/aromatic N) is 1. The minimum Gasteiger partial charge on any atom is -0.481 e. The van der Waals surface area contributed by atoms with E-state index in [0.29, 0.717) is 13.0 Å². The summed E-state index contributed by atoms with van der Waals surface area (Å²) >= 11 is 0. The molecule has 0 aromatic rings. The van der Waals surface area contributed by atoms with Crippen molar-refractivity contribution < 1.29 is 14.7 Å². The average Bonchev–Trinajstić information content (AvgIpc) is 3.02. The molecule has 2 aliphatic rings. The molecule has 1 heterocycles. The SMILES string of the molecule is CCC1(C)CC1C(=O)N1CC(C(=O)O)CCC1C. The van der Waals surface area contributed by atoms with Crippen LogP contribution in [0.4, 0.5) is 0 Å². The molecule has 4 atom stereocenters. The quantitative estimate of drug-likeness (QED) is 0.838. The first-order valence-corrected chi connectivity index (χ1v) is 6.92. The molecule has 4 unspecified atom stereocenters. The Balaban J connectivity index is 2.03. The minimum absolute atomic E-state index is 0.123. The van der Waals surface area contributed by atoms with Gasteiger partial charge in [0.1, 0.15) is 0 Å². The number of piperidine rings is 1. The van der Waals surface area contributed by atoms with Gasteiger partial charge in [0.05, 0.1) is 5.92 Å². The lowest BCUT2D eigenvalue weighted by atomic mass is 9.92. The van der Waals surface area contributed by atoms with Crippen LogP contribution in [0.2, 0.25) is 0 Å². The maximum atomic E-state index is 12.4. The molecule has 1 saturated heterocycles. The second-order valence-electron chi connectivity index (χ2n) is 6.22. The van der Waals surface area contributed by atoms with Crippen molar-refractivity contribution in [1.82, 2.24) is 4.90 Å². The first-order chi connectivity index (χ1) is 8.39. The molecule has 2 rings (SSSR count). The third-order valence-electron chi connectivity index (χ3n) is 4.97. The van der Waals surface area contributed by atoms with E-state index in [2.05, 4.69) is 13.8 Å². The first-order valence-electron chi connectivity index (χ1n) is 6.92. The number of carboxylic acid groups (broad SMARTS) is 1. The Kier molecular flexibility index (Phi) is 3.39. The maximum absolute atomic E-state index is 12.4. The first kappa shape index (κ1) is 13.4. The van der Waals surface area contributed by atoms with E-state index in [9.17, 15) is 9.59 Å². The zero-order valence-electron chi connectivity index (χ0n) is 11.5. The molecule has 1 aliphatic carbocycles. The minimum atomic E-state index is -0.770. The second kappa shape index (κ2) is 4.56. The van der Waals surface area contributed by atoms with Crippen LogP contribution in [0.15, 0.2) is 0 Å². The van der Waals surface area contributed by atoms with Crippen LogP contribution in [0.1, 0.15) is 46.5 Å². The number of carbonyl (C=O) groups is 2. The number of hydrogen-bond donors (Lipinski definition) is 1. The van der Waals surface area contributed by atoms with Crippen molar-refractivity contribution in [2.24, 2.45) is 17.3 Å². The fourth-order valence-corrected chi connectivity index (χ4v) is 3.00. The van der Waals surface area contributed by atoms with Gasteiger partial charge in [-0.3, -0.25) is 9.59 Å². The number of aliphatic carboxylic acids is 1. The summed E-state index contributed by atoms with van der Waals surface area (Å²) in [7, 11) is 0. The summed E-state index contributed by atoms with van der Waals surface area (Å²) in [5.74, 6) is -0.846. The molecule has 0 spiro atoms. The van der Waals surface area contributed by atoms with Gasteiger partial charge in [-0.2, -0.15) is 0 Å². The third-order valence-corrected chi connectivity index (χ3v) is 4.97. The zero-order chi connectivity index (χ0) is 13.5. The van der Waals surface area contributed by atoms with Gasteiger partial charge >= 0.3 is 5.97 Å². The van der Waals surface area contributed by atoms with Crippen molar-refractivity contribution in [1.29, 1.82) is 0 Å². The van der Waals surface area contributed by atoms with Crippen molar-refractivity contribution in [3.05, 3.63) is 0 Å². The van der Waals surface area contributed by atoms with Crippen molar-refractivity contribution >= 4 is 11.9 Å². The Labute approximate surface area is 108 Å². The Hall–Kier alpha value is -1.06. The molecule has 0 aromatic heterocycles. The lowest BCUT2D eigenvalue weighted by Gasteiger charge is -2.37. The molecule has 1 amide bonds. The summed E-state index contributed by atoms with van der Waals surface area (Å²) in [6.45, 7) is 6.69. The van der Waals surface area contributed by atoms with Crippen LogP contribution >= 0.6 is 0 Å². The van der Waals surface area contributed by atoms with Crippen molar-refractivity contribution in [3.8, 4) is 0 Å². The molecule has 1 saturated carbocycles. The molecule has 0 radical (unpaired) electrons. The van der Waals surface area contributed by atoms with Gasteiger partial charge < -0.3 is 10.0 Å². The number of rotatable bonds is 3. The van der Waals surface area contributed by atoms with Crippen LogP contribution in [0, 0.1) is 17.3 Å². The Morgan fingerprint density at radius 3 is 2.56 bits per heavy atom. The Morgan fingerprint density at radius 1 is 1.39 bits per heavy atom. The number of likely N-dealkylation sites (tertiary alicyclic amines) is 1. The lowest BCUT2D eigenvalue weighted by Crippen LogP contribution is -2.48. The monoisotopic (exact) mass is 253 g/mol. The van der Waals surface area contributed by atoms with E-state index in [0.717, 1.165) is 19.3 Å². The molecule has 2 fully saturated rings. The standard InChI is InChI=1S/C14H23NO3/c1-4-14(3)7-11(14)12(16)15-8-10(13(17)18)6-5-9(15)2/h9-11H,4-8H2,1-3H3,(H,17,18). The lowest BCUT2D eigenvalue weighted by molar-refractivity contribution is -0.147. The van der Waals surface area contributed by atoms with Gasteiger partial charge in [-0.1, -0.05) is 13.8 Å². The fraction of sp³-hybridized carbons (Fsp3) is 0.857. The van der Waals surface area contributed by atoms with E-state index in [1.807, 2.05) is 11.8 Å². The van der Waals surface area contributed by atoms with E-state index >= 15 is 0 Å². The van der Waals surface area contributed by atoms with E-state index in [-0.39, 0.29) is 29.2 Å². The summed E-state index contributed by atoms with van der Waals surface area (Å²) in [5, 5.41) is 9.09. The average molecular weight is 253 g/mol. The fourth-order valence-electron chi connectivity index (χ4n) is 3.00. The van der Waals surface area contributed by atoms with Crippen molar-refractivity contribution in [2.75, 3.05) is 6.54 Å². The van der Waals surface area contributed by atoms with Crippen molar-refractivity contribution in [2.45, 2.75) is 52.5 Å². The predicted molar refractivity (Wildman–Crippen MR) is 68.0 cm³/mol. The smallest absolute Gasteiger partial charge is 0.308 e. The molecule has 4 heteroatoms. The highest BCUT2D eigenvalue weighted by Crippen LogP contribution is 2.55. The summed E-state index contributed by atoms with van der Waals surface area (Å²) in [5.41, 5.74) is 0.160. The molecular formula is C14H23NO3. The maximum Gasteiger partial charge on any atom is 0.308 e. The molecule has 1 N–H and O–H groups in total. The highest BCUT2D eigenvalue weighted by molar-refractivity contribution is 5.83. The molecule has 1 aliphatic heterocycles. The van der Waals surface area contributed by atoms with Gasteiger partial charge in [-0.15, -0.1) is 0 Å². The summed E-state index contributed by atoms with van der Waals surface area (Å²) in [6.07, 6.45) is 3.48. The number of carboxylic acids is 1. The second-order valence-corrected chi connectivity index (χ2v) is 6.22. The van der Waals surface area contributed by atoms with Crippen LogP contribution in [-0.2, 0) is 9.59 Å². The van der Waals surface area contributed by atoms with Gasteiger partial charge in [0, 0.05) is 18.5 Å². The third kappa shape index (κ3) is 2.25. The van der Waals surface area contributed by atoms with E-state index in [1.54, 1.807) is 0 Å². The number of carbonyl (C=O) groups excluding carboxylic acids is 1. The molecule has 102 valence electrons. The van der Waals surface area contributed by atoms with Crippen LogP contribution in [0.3, 0.4) is 0 Å². The van der Waals surface area contributed by atoms with Gasteiger partial charge in [0.2, 0.25) is 5.91 Å².